The number of aliphatic hydroxyl groups is 1. The average Bonchev–Trinajstić information content (AvgIpc) is 3.69. The topological polar surface area (TPSA) is 170 Å². The van der Waals surface area contributed by atoms with Gasteiger partial charge in [-0.15, -0.1) is 0 Å². The van der Waals surface area contributed by atoms with E-state index in [2.05, 4.69) is 10.6 Å². The highest BCUT2D eigenvalue weighted by molar-refractivity contribution is 7.89. The van der Waals surface area contributed by atoms with Gasteiger partial charge in [-0.25, -0.2) is 13.2 Å². The van der Waals surface area contributed by atoms with Gasteiger partial charge in [0.05, 0.1) is 42.9 Å². The molecule has 2 saturated heterocycles. The van der Waals surface area contributed by atoms with Gasteiger partial charge in [-0.3, -0.25) is 0 Å². The smallest absolute Gasteiger partial charge is 0.407 e. The zero-order valence-electron chi connectivity index (χ0n) is 28.9. The minimum Gasteiger partial charge on any atom is -0.530 e. The number of nitrogens with zero attached hydrogens (tertiary/aromatic N) is 2. The molecule has 5 atom stereocenters. The Kier molecular flexibility index (Phi) is 13.7. The summed E-state index contributed by atoms with van der Waals surface area (Å²) >= 11 is 0. The normalized spacial score (nSPS) is 20.4. The van der Waals surface area contributed by atoms with Crippen molar-refractivity contribution in [3.8, 4) is 0 Å². The third-order valence-electron chi connectivity index (χ3n) is 9.25. The molecule has 0 bridgehead atoms. The number of sulfonamides is 1. The number of nitrogens with one attached hydrogen (secondary N) is 2. The van der Waals surface area contributed by atoms with Crippen molar-refractivity contribution in [2.24, 2.45) is 11.3 Å². The summed E-state index contributed by atoms with van der Waals surface area (Å²) in [6.45, 7) is 6.55. The van der Waals surface area contributed by atoms with Crippen LogP contribution in [0, 0.1) is 11.3 Å². The number of carbonyl (C=O) groups excluding carboxylic acids is 2. The molecule has 49 heavy (non-hydrogen) atoms. The summed E-state index contributed by atoms with van der Waals surface area (Å²) in [6, 6.07) is 14.0. The van der Waals surface area contributed by atoms with Crippen molar-refractivity contribution in [2.45, 2.75) is 82.2 Å². The number of hydrogen-bond acceptors (Lipinski definition) is 10. The predicted molar refractivity (Wildman–Crippen MR) is 182 cm³/mol. The van der Waals surface area contributed by atoms with Crippen LogP contribution in [0.2, 0.25) is 0 Å². The predicted octanol–water partition coefficient (Wildman–Crippen LogP) is 3.04. The molecule has 0 aromatic heterocycles. The minimum atomic E-state index is -4.17. The van der Waals surface area contributed by atoms with Crippen molar-refractivity contribution in [2.75, 3.05) is 51.8 Å². The maximum atomic E-state index is 14.4. The second-order valence-electron chi connectivity index (χ2n) is 13.4. The molecule has 2 aliphatic rings. The molecule has 2 amide bonds. The SMILES string of the molecule is CCOC(=O)NCCCCC(C)(C)CN(C[C@@H](O)[C@H](Cc1ccccc1)N(C(=O)[O-])[C@H]1CO[C@H]2OCC[C@H]21)S(=O)(=O)c1cccc(NC)c1. The number of ether oxygens (including phenoxy) is 3. The van der Waals surface area contributed by atoms with E-state index in [4.69, 9.17) is 14.2 Å². The Morgan fingerprint density at radius 1 is 1.12 bits per heavy atom. The number of benzene rings is 2. The highest BCUT2D eigenvalue weighted by atomic mass is 32.2. The molecule has 2 aromatic carbocycles. The van der Waals surface area contributed by atoms with E-state index in [0.717, 1.165) is 10.5 Å². The van der Waals surface area contributed by atoms with Gasteiger partial charge in [0, 0.05) is 38.3 Å². The molecule has 0 unspecified atom stereocenters. The Hall–Kier alpha value is -3.43. The fourth-order valence-electron chi connectivity index (χ4n) is 6.72. The molecule has 4 rings (SSSR count). The van der Waals surface area contributed by atoms with Crippen LogP contribution < -0.4 is 15.7 Å². The Morgan fingerprint density at radius 2 is 1.88 bits per heavy atom. The van der Waals surface area contributed by atoms with Gasteiger partial charge in [-0.05, 0) is 61.8 Å². The number of rotatable bonds is 18. The number of aliphatic hydroxyl groups excluding tert-OH is 1. The minimum absolute atomic E-state index is 0.0486. The maximum absolute atomic E-state index is 14.4. The van der Waals surface area contributed by atoms with E-state index in [0.29, 0.717) is 44.5 Å². The third kappa shape index (κ3) is 10.3. The summed E-state index contributed by atoms with van der Waals surface area (Å²) in [5, 5.41) is 30.6. The molecule has 2 aliphatic heterocycles. The largest absolute Gasteiger partial charge is 0.530 e. The molecule has 0 aliphatic carbocycles. The fraction of sp³-hybridized carbons (Fsp3) is 0.600. The number of hydrogen-bond donors (Lipinski definition) is 3. The molecule has 14 heteroatoms. The Labute approximate surface area is 290 Å². The molecule has 13 nitrogen and oxygen atoms in total. The van der Waals surface area contributed by atoms with Crippen molar-refractivity contribution < 1.29 is 42.4 Å². The molecule has 0 saturated carbocycles. The van der Waals surface area contributed by atoms with Crippen LogP contribution in [0.5, 0.6) is 0 Å². The number of alkyl carbamates (subject to hydrolysis) is 1. The van der Waals surface area contributed by atoms with Gasteiger partial charge in [0.2, 0.25) is 10.0 Å². The number of amides is 2. The van der Waals surface area contributed by atoms with Gasteiger partial charge in [-0.1, -0.05) is 56.7 Å². The molecule has 0 spiro atoms. The van der Waals surface area contributed by atoms with Crippen LogP contribution in [-0.2, 0) is 30.7 Å². The first kappa shape index (κ1) is 38.4. The Bertz CT molecular complexity index is 1480. The van der Waals surface area contributed by atoms with Crippen molar-refractivity contribution in [3.63, 3.8) is 0 Å². The summed E-state index contributed by atoms with van der Waals surface area (Å²) in [5.74, 6) is -0.232. The number of carboxylic acid groups (broad SMARTS) is 1. The lowest BCUT2D eigenvalue weighted by Gasteiger charge is -2.43. The average molecular weight is 704 g/mol. The maximum Gasteiger partial charge on any atom is 0.407 e. The summed E-state index contributed by atoms with van der Waals surface area (Å²) in [6.07, 6.45) is -1.19. The fourth-order valence-corrected chi connectivity index (χ4v) is 8.41. The lowest BCUT2D eigenvalue weighted by molar-refractivity contribution is -0.273. The lowest BCUT2D eigenvalue weighted by atomic mass is 9.87. The summed E-state index contributed by atoms with van der Waals surface area (Å²) < 4.78 is 46.3. The van der Waals surface area contributed by atoms with Crippen LogP contribution in [0.25, 0.3) is 0 Å². The van der Waals surface area contributed by atoms with E-state index in [1.807, 2.05) is 44.2 Å². The van der Waals surface area contributed by atoms with Crippen LogP contribution in [0.4, 0.5) is 15.3 Å². The third-order valence-corrected chi connectivity index (χ3v) is 11.1. The second-order valence-corrected chi connectivity index (χ2v) is 15.4. The number of carbonyl (C=O) groups is 2. The standard InChI is InChI=1S/C35H52N4O9S/c1-5-46-33(41)37-18-10-9-17-35(2,3)24-38(49(44,45)27-15-11-14-26(21-27)36-4)22-31(40)29(20-25-12-7-6-8-13-25)39(34(42)43)30-23-48-32-28(30)16-19-47-32/h6-8,11-15,21,28-32,36,40H,5,9-10,16-20,22-24H2,1-4H3,(H,37,41)(H,42,43)/p-1/t28-,29-,30-,31+,32+/m0/s1. The van der Waals surface area contributed by atoms with Crippen LogP contribution in [0.1, 0.15) is 52.0 Å². The number of fused-ring (bicyclic) bond motifs is 1. The number of unbranched alkanes of at least 4 members (excludes halogenated alkanes) is 1. The van der Waals surface area contributed by atoms with Crippen LogP contribution in [0.15, 0.2) is 59.5 Å². The summed E-state index contributed by atoms with van der Waals surface area (Å²) in [5.41, 5.74) is 0.840. The van der Waals surface area contributed by atoms with Crippen molar-refractivity contribution in [1.29, 1.82) is 0 Å². The van der Waals surface area contributed by atoms with Gasteiger partial charge in [0.1, 0.15) is 6.09 Å². The lowest BCUT2D eigenvalue weighted by Crippen LogP contribution is -2.61. The van der Waals surface area contributed by atoms with Crippen LogP contribution in [-0.4, -0.2) is 106 Å². The highest BCUT2D eigenvalue weighted by Gasteiger charge is 2.47. The monoisotopic (exact) mass is 703 g/mol. The van der Waals surface area contributed by atoms with Gasteiger partial charge in [0.15, 0.2) is 6.29 Å². The van der Waals surface area contributed by atoms with Gasteiger partial charge in [0.25, 0.3) is 0 Å². The van der Waals surface area contributed by atoms with E-state index < -0.39 is 52.1 Å². The number of anilines is 1. The summed E-state index contributed by atoms with van der Waals surface area (Å²) in [4.78, 5) is 25.8. The highest BCUT2D eigenvalue weighted by Crippen LogP contribution is 2.36. The van der Waals surface area contributed by atoms with E-state index in [-0.39, 0.29) is 43.5 Å². The molecule has 272 valence electrons. The van der Waals surface area contributed by atoms with E-state index in [9.17, 15) is 28.2 Å². The quantitative estimate of drug-likeness (QED) is 0.196. The van der Waals surface area contributed by atoms with Gasteiger partial charge in [-0.2, -0.15) is 4.31 Å². The molecule has 2 fully saturated rings. The Balaban J connectivity index is 1.62. The molecule has 0 radical (unpaired) electrons. The van der Waals surface area contributed by atoms with E-state index in [1.54, 1.807) is 26.1 Å². The summed E-state index contributed by atoms with van der Waals surface area (Å²) in [7, 11) is -2.47. The molecular weight excluding hydrogens is 652 g/mol. The van der Waals surface area contributed by atoms with Crippen LogP contribution >= 0.6 is 0 Å². The first-order valence-corrected chi connectivity index (χ1v) is 18.4. The van der Waals surface area contributed by atoms with Crippen molar-refractivity contribution >= 4 is 27.9 Å². The first-order chi connectivity index (χ1) is 23.4. The van der Waals surface area contributed by atoms with E-state index in [1.165, 1.54) is 16.4 Å². The van der Waals surface area contributed by atoms with Crippen LogP contribution in [0.3, 0.4) is 0 Å². The van der Waals surface area contributed by atoms with E-state index >= 15 is 0 Å². The van der Waals surface area contributed by atoms with Crippen molar-refractivity contribution in [3.05, 3.63) is 60.2 Å². The molecule has 3 N–H and O–H groups in total. The zero-order chi connectivity index (χ0) is 35.6. The second kappa shape index (κ2) is 17.5. The van der Waals surface area contributed by atoms with Gasteiger partial charge < -0.3 is 44.8 Å². The molecular formula is C35H51N4O9S-. The van der Waals surface area contributed by atoms with Crippen molar-refractivity contribution in [1.82, 2.24) is 14.5 Å². The molecule has 2 aromatic rings. The zero-order valence-corrected chi connectivity index (χ0v) is 29.7. The Morgan fingerprint density at radius 3 is 2.57 bits per heavy atom. The molecule has 2 heterocycles. The first-order valence-electron chi connectivity index (χ1n) is 17.0. The van der Waals surface area contributed by atoms with Gasteiger partial charge >= 0.3 is 6.09 Å².